The van der Waals surface area contributed by atoms with Gasteiger partial charge in [-0.15, -0.1) is 0 Å². The lowest BCUT2D eigenvalue weighted by molar-refractivity contribution is -0.118. The largest absolute Gasteiger partial charge is 0.493 e. The van der Waals surface area contributed by atoms with Crippen molar-refractivity contribution < 1.29 is 23.8 Å². The van der Waals surface area contributed by atoms with Crippen molar-refractivity contribution in [2.24, 2.45) is 5.92 Å². The maximum Gasteiger partial charge on any atom is 0.252 e. The lowest BCUT2D eigenvalue weighted by Gasteiger charge is -2.22. The molecule has 30 heavy (non-hydrogen) atoms. The third kappa shape index (κ3) is 5.20. The fourth-order valence-corrected chi connectivity index (χ4v) is 2.82. The van der Waals surface area contributed by atoms with E-state index < -0.39 is 11.9 Å². The molecule has 0 saturated heterocycles. The highest BCUT2D eigenvalue weighted by atomic mass is 16.5. The maximum absolute atomic E-state index is 12.9. The minimum absolute atomic E-state index is 0.172. The number of ether oxygens (including phenoxy) is 3. The number of hydrogen-bond acceptors (Lipinski definition) is 6. The number of methoxy groups -OCH3 is 3. The van der Waals surface area contributed by atoms with E-state index in [0.717, 1.165) is 0 Å². The zero-order valence-corrected chi connectivity index (χ0v) is 17.6. The zero-order chi connectivity index (χ0) is 22.3. The van der Waals surface area contributed by atoms with Crippen LogP contribution < -0.4 is 24.8 Å². The summed E-state index contributed by atoms with van der Waals surface area (Å²) in [6, 6.07) is 10.8. The Balaban J connectivity index is 2.22. The second-order valence-electron chi connectivity index (χ2n) is 6.79. The van der Waals surface area contributed by atoms with Crippen LogP contribution in [0.25, 0.3) is 0 Å². The summed E-state index contributed by atoms with van der Waals surface area (Å²) in [6.45, 7) is 3.66. The van der Waals surface area contributed by atoms with Gasteiger partial charge in [-0.3, -0.25) is 9.59 Å². The second kappa shape index (κ2) is 10.2. The highest BCUT2D eigenvalue weighted by Gasteiger charge is 2.26. The number of hydrogen-bond donors (Lipinski definition) is 2. The van der Waals surface area contributed by atoms with Gasteiger partial charge in [0.2, 0.25) is 11.7 Å². The predicted octanol–water partition coefficient (Wildman–Crippen LogP) is 2.98. The number of rotatable bonds is 8. The van der Waals surface area contributed by atoms with E-state index in [9.17, 15) is 9.59 Å². The molecule has 0 aromatic heterocycles. The maximum atomic E-state index is 12.9. The Kier molecular flexibility index (Phi) is 7.64. The summed E-state index contributed by atoms with van der Waals surface area (Å²) in [4.78, 5) is 25.6. The molecular weight excluding hydrogens is 386 g/mol. The zero-order valence-electron chi connectivity index (χ0n) is 17.6. The normalized spacial score (nSPS) is 11.2. The van der Waals surface area contributed by atoms with Crippen LogP contribution in [-0.2, 0) is 4.79 Å². The molecule has 2 rings (SSSR count). The van der Waals surface area contributed by atoms with Gasteiger partial charge in [0, 0.05) is 11.3 Å². The van der Waals surface area contributed by atoms with E-state index in [-0.39, 0.29) is 17.4 Å². The van der Waals surface area contributed by atoms with Gasteiger partial charge in [-0.2, -0.15) is 5.26 Å². The van der Waals surface area contributed by atoms with Crippen LogP contribution in [0.2, 0.25) is 0 Å². The predicted molar refractivity (Wildman–Crippen MR) is 112 cm³/mol. The minimum atomic E-state index is -0.785. The molecule has 0 radical (unpaired) electrons. The van der Waals surface area contributed by atoms with E-state index in [0.29, 0.717) is 28.5 Å². The number of carbonyl (C=O) groups excluding carboxylic acids is 2. The number of anilines is 1. The molecule has 0 fully saturated rings. The average molecular weight is 411 g/mol. The highest BCUT2D eigenvalue weighted by molar-refractivity contribution is 6.01. The van der Waals surface area contributed by atoms with Crippen LogP contribution in [0, 0.1) is 17.2 Å². The van der Waals surface area contributed by atoms with E-state index in [1.54, 1.807) is 24.3 Å². The van der Waals surface area contributed by atoms with Crippen LogP contribution in [0.3, 0.4) is 0 Å². The number of amides is 2. The molecule has 8 nitrogen and oxygen atoms in total. The van der Waals surface area contributed by atoms with Crippen molar-refractivity contribution in [1.29, 1.82) is 5.26 Å². The molecule has 0 heterocycles. The molecule has 0 saturated carbocycles. The topological polar surface area (TPSA) is 110 Å². The van der Waals surface area contributed by atoms with Gasteiger partial charge in [0.1, 0.15) is 6.04 Å². The Hall–Kier alpha value is -3.73. The molecule has 0 aliphatic heterocycles. The van der Waals surface area contributed by atoms with Gasteiger partial charge in [-0.1, -0.05) is 13.8 Å². The van der Waals surface area contributed by atoms with Gasteiger partial charge in [0.05, 0.1) is 33.0 Å². The van der Waals surface area contributed by atoms with Crippen LogP contribution >= 0.6 is 0 Å². The molecule has 2 aromatic carbocycles. The van der Waals surface area contributed by atoms with E-state index in [1.807, 2.05) is 19.9 Å². The first-order valence-electron chi connectivity index (χ1n) is 9.26. The average Bonchev–Trinajstić information content (AvgIpc) is 2.76. The fourth-order valence-electron chi connectivity index (χ4n) is 2.82. The highest BCUT2D eigenvalue weighted by Crippen LogP contribution is 2.38. The standard InChI is InChI=1S/C22H25N3O5/c1-13(2)19(22(27)24-16-8-6-14(12-23)7-9-16)25-21(26)15-10-17(28-3)20(30-5)18(11-15)29-4/h6-11,13,19H,1-5H3,(H,24,27)(H,25,26). The lowest BCUT2D eigenvalue weighted by atomic mass is 10.0. The molecule has 0 aliphatic rings. The van der Waals surface area contributed by atoms with Crippen molar-refractivity contribution >= 4 is 17.5 Å². The van der Waals surface area contributed by atoms with Crippen LogP contribution in [0.4, 0.5) is 5.69 Å². The molecule has 1 unspecified atom stereocenters. The van der Waals surface area contributed by atoms with Crippen LogP contribution in [-0.4, -0.2) is 39.2 Å². The molecule has 0 spiro atoms. The minimum Gasteiger partial charge on any atom is -0.493 e. The summed E-state index contributed by atoms with van der Waals surface area (Å²) < 4.78 is 15.8. The molecule has 1 atom stereocenters. The molecule has 8 heteroatoms. The molecule has 2 N–H and O–H groups in total. The molecule has 158 valence electrons. The summed E-state index contributed by atoms with van der Waals surface area (Å²) in [5, 5.41) is 14.4. The lowest BCUT2D eigenvalue weighted by Crippen LogP contribution is -2.47. The summed E-state index contributed by atoms with van der Waals surface area (Å²) in [7, 11) is 4.39. The molecule has 2 amide bonds. The van der Waals surface area contributed by atoms with Crippen molar-refractivity contribution in [3.8, 4) is 23.3 Å². The van der Waals surface area contributed by atoms with E-state index >= 15 is 0 Å². The van der Waals surface area contributed by atoms with Gasteiger partial charge >= 0.3 is 0 Å². The molecular formula is C22H25N3O5. The van der Waals surface area contributed by atoms with Crippen molar-refractivity contribution in [1.82, 2.24) is 5.32 Å². The summed E-state index contributed by atoms with van der Waals surface area (Å²) in [5.74, 6) is 0.0542. The first-order chi connectivity index (χ1) is 14.3. The molecule has 0 aliphatic carbocycles. The van der Waals surface area contributed by atoms with Crippen LogP contribution in [0.1, 0.15) is 29.8 Å². The van der Waals surface area contributed by atoms with Gasteiger partial charge in [0.25, 0.3) is 5.91 Å². The number of benzene rings is 2. The Morgan fingerprint density at radius 2 is 1.53 bits per heavy atom. The SMILES string of the molecule is COc1cc(C(=O)NC(C(=O)Nc2ccc(C#N)cc2)C(C)C)cc(OC)c1OC. The Morgan fingerprint density at radius 3 is 1.97 bits per heavy atom. The Bertz CT molecular complexity index is 923. The summed E-state index contributed by atoms with van der Waals surface area (Å²) >= 11 is 0. The summed E-state index contributed by atoms with van der Waals surface area (Å²) in [6.07, 6.45) is 0. The van der Waals surface area contributed by atoms with Crippen molar-refractivity contribution in [3.05, 3.63) is 47.5 Å². The third-order valence-corrected chi connectivity index (χ3v) is 4.44. The fraction of sp³-hybridized carbons (Fsp3) is 0.318. The van der Waals surface area contributed by atoms with E-state index in [2.05, 4.69) is 10.6 Å². The number of carbonyl (C=O) groups is 2. The quantitative estimate of drug-likeness (QED) is 0.691. The monoisotopic (exact) mass is 411 g/mol. The van der Waals surface area contributed by atoms with E-state index in [4.69, 9.17) is 19.5 Å². The van der Waals surface area contributed by atoms with Gasteiger partial charge in [0.15, 0.2) is 11.5 Å². The summed E-state index contributed by atoms with van der Waals surface area (Å²) in [5.41, 5.74) is 1.29. The van der Waals surface area contributed by atoms with Crippen LogP contribution in [0.5, 0.6) is 17.2 Å². The first kappa shape index (κ1) is 22.6. The third-order valence-electron chi connectivity index (χ3n) is 4.44. The molecule has 0 bridgehead atoms. The molecule has 2 aromatic rings. The Labute approximate surface area is 175 Å². The smallest absolute Gasteiger partial charge is 0.252 e. The van der Waals surface area contributed by atoms with Gasteiger partial charge < -0.3 is 24.8 Å². The van der Waals surface area contributed by atoms with Crippen molar-refractivity contribution in [2.75, 3.05) is 26.6 Å². The number of nitrogens with one attached hydrogen (secondary N) is 2. The van der Waals surface area contributed by atoms with Crippen molar-refractivity contribution in [2.45, 2.75) is 19.9 Å². The van der Waals surface area contributed by atoms with E-state index in [1.165, 1.54) is 33.5 Å². The van der Waals surface area contributed by atoms with Crippen LogP contribution in [0.15, 0.2) is 36.4 Å². The van der Waals surface area contributed by atoms with Gasteiger partial charge in [-0.05, 0) is 42.3 Å². The number of nitriles is 1. The Morgan fingerprint density at radius 1 is 0.967 bits per heavy atom. The number of nitrogens with zero attached hydrogens (tertiary/aromatic N) is 1. The second-order valence-corrected chi connectivity index (χ2v) is 6.79. The first-order valence-corrected chi connectivity index (χ1v) is 9.26. The van der Waals surface area contributed by atoms with Gasteiger partial charge in [-0.25, -0.2) is 0 Å². The van der Waals surface area contributed by atoms with Crippen molar-refractivity contribution in [3.63, 3.8) is 0 Å².